The normalized spacial score (nSPS) is 11.6. The molecule has 0 fully saturated rings. The van der Waals surface area contributed by atoms with Crippen molar-refractivity contribution in [2.75, 3.05) is 13.2 Å². The third-order valence-corrected chi connectivity index (χ3v) is 1.94. The van der Waals surface area contributed by atoms with Gasteiger partial charge in [0.15, 0.2) is 0 Å². The summed E-state index contributed by atoms with van der Waals surface area (Å²) in [7, 11) is 0. The lowest BCUT2D eigenvalue weighted by Gasteiger charge is -2.09. The van der Waals surface area contributed by atoms with Gasteiger partial charge in [-0.15, -0.1) is 0 Å². The van der Waals surface area contributed by atoms with Gasteiger partial charge in [-0.2, -0.15) is 0 Å². The Bertz CT molecular complexity index is 344. The number of aliphatic hydroxyl groups is 1. The van der Waals surface area contributed by atoms with Crippen LogP contribution in [0.4, 0.5) is 0 Å². The zero-order chi connectivity index (χ0) is 11.1. The Hall–Kier alpha value is -1.71. The summed E-state index contributed by atoms with van der Waals surface area (Å²) in [4.78, 5) is 2.68. The lowest BCUT2D eigenvalue weighted by atomic mass is 10.1. The van der Waals surface area contributed by atoms with Gasteiger partial charge in [-0.3, -0.25) is 0 Å². The molecule has 0 spiro atoms. The topological polar surface area (TPSA) is 78.2 Å². The van der Waals surface area contributed by atoms with Crippen molar-refractivity contribution in [2.45, 2.75) is 13.0 Å². The van der Waals surface area contributed by atoms with Crippen molar-refractivity contribution >= 4 is 0 Å². The fourth-order valence-electron chi connectivity index (χ4n) is 1.22. The molecule has 1 aromatic rings. The van der Waals surface area contributed by atoms with E-state index in [9.17, 15) is 0 Å². The molecule has 0 radical (unpaired) electrons. The number of ether oxygens (including phenoxy) is 1. The Balaban J connectivity index is 2.81. The average Bonchev–Trinajstić information content (AvgIpc) is 2.28. The Kier molecular flexibility index (Phi) is 4.47. The van der Waals surface area contributed by atoms with E-state index in [2.05, 4.69) is 10.0 Å². The molecular weight excluding hydrogens is 194 g/mol. The molecule has 0 amide bonds. The monoisotopic (exact) mass is 207 g/mol. The zero-order valence-electron chi connectivity index (χ0n) is 8.50. The molecule has 0 bridgehead atoms. The summed E-state index contributed by atoms with van der Waals surface area (Å²) < 4.78 is 5.27. The predicted molar refractivity (Wildman–Crippen MR) is 56.6 cm³/mol. The van der Waals surface area contributed by atoms with E-state index in [4.69, 9.17) is 15.4 Å². The summed E-state index contributed by atoms with van der Waals surface area (Å²) in [6.45, 7) is 2.32. The molecule has 15 heavy (non-hydrogen) atoms. The molecule has 5 heteroatoms. The minimum absolute atomic E-state index is 0.196. The zero-order valence-corrected chi connectivity index (χ0v) is 8.50. The average molecular weight is 207 g/mol. The summed E-state index contributed by atoms with van der Waals surface area (Å²) >= 11 is 0. The molecule has 0 aliphatic carbocycles. The summed E-state index contributed by atoms with van der Waals surface area (Å²) in [5.74, 6) is 0.763. The largest absolute Gasteiger partial charge is 0.494 e. The van der Waals surface area contributed by atoms with Crippen molar-refractivity contribution in [3.8, 4) is 5.75 Å². The number of benzene rings is 1. The molecule has 0 aliphatic rings. The van der Waals surface area contributed by atoms with Crippen LogP contribution in [0, 0.1) is 0 Å². The Morgan fingerprint density at radius 3 is 2.60 bits per heavy atom. The van der Waals surface area contributed by atoms with Gasteiger partial charge in [-0.1, -0.05) is 17.2 Å². The van der Waals surface area contributed by atoms with Gasteiger partial charge in [0, 0.05) is 4.91 Å². The number of rotatable bonds is 5. The van der Waals surface area contributed by atoms with Gasteiger partial charge in [0.2, 0.25) is 0 Å². The first-order chi connectivity index (χ1) is 7.31. The van der Waals surface area contributed by atoms with Crippen molar-refractivity contribution in [2.24, 2.45) is 5.11 Å². The number of aliphatic hydroxyl groups excluding tert-OH is 1. The van der Waals surface area contributed by atoms with Crippen LogP contribution in [0.15, 0.2) is 29.4 Å². The van der Waals surface area contributed by atoms with Crippen LogP contribution in [-0.4, -0.2) is 18.3 Å². The second kappa shape index (κ2) is 5.90. The molecule has 0 heterocycles. The molecule has 0 aliphatic heterocycles. The molecule has 1 atom stereocenters. The van der Waals surface area contributed by atoms with Gasteiger partial charge in [0.1, 0.15) is 5.75 Å². The number of hydrogen-bond donors (Lipinski definition) is 1. The van der Waals surface area contributed by atoms with E-state index in [0.717, 1.165) is 11.3 Å². The minimum Gasteiger partial charge on any atom is -0.494 e. The fourth-order valence-corrected chi connectivity index (χ4v) is 1.22. The maximum Gasteiger partial charge on any atom is 0.119 e. The van der Waals surface area contributed by atoms with Gasteiger partial charge >= 0.3 is 0 Å². The van der Waals surface area contributed by atoms with E-state index in [-0.39, 0.29) is 6.61 Å². The molecule has 5 nitrogen and oxygen atoms in total. The molecule has 0 saturated heterocycles. The first-order valence-corrected chi connectivity index (χ1v) is 4.69. The maximum absolute atomic E-state index is 8.99. The van der Waals surface area contributed by atoms with Gasteiger partial charge in [0.25, 0.3) is 0 Å². The van der Waals surface area contributed by atoms with Gasteiger partial charge in [-0.05, 0) is 30.2 Å². The van der Waals surface area contributed by atoms with Crippen LogP contribution >= 0.6 is 0 Å². The Morgan fingerprint density at radius 1 is 1.47 bits per heavy atom. The van der Waals surface area contributed by atoms with Crippen LogP contribution in [0.1, 0.15) is 18.5 Å². The fraction of sp³-hybridized carbons (Fsp3) is 0.400. The summed E-state index contributed by atoms with van der Waals surface area (Å²) in [5, 5.41) is 12.5. The van der Waals surface area contributed by atoms with E-state index in [0.29, 0.717) is 6.61 Å². The third-order valence-electron chi connectivity index (χ3n) is 1.94. The molecule has 80 valence electrons. The second-order valence-corrected chi connectivity index (χ2v) is 2.91. The predicted octanol–water partition coefficient (Wildman–Crippen LogP) is 2.43. The standard InChI is InChI=1S/C10H13N3O2/c1-2-15-9-5-3-8(4-6-9)10(7-14)12-13-11/h3-6,10,14H,2,7H2,1H3. The quantitative estimate of drug-likeness (QED) is 0.457. The molecule has 1 aromatic carbocycles. The number of hydrogen-bond acceptors (Lipinski definition) is 3. The third kappa shape index (κ3) is 3.16. The van der Waals surface area contributed by atoms with Crippen molar-refractivity contribution < 1.29 is 9.84 Å². The van der Waals surface area contributed by atoms with Crippen LogP contribution in [0.25, 0.3) is 10.4 Å². The van der Waals surface area contributed by atoms with Crippen LogP contribution in [-0.2, 0) is 0 Å². The molecule has 1 N–H and O–H groups in total. The SMILES string of the molecule is CCOc1ccc(C(CO)N=[N+]=[N-])cc1. The van der Waals surface area contributed by atoms with Crippen molar-refractivity contribution in [3.63, 3.8) is 0 Å². The van der Waals surface area contributed by atoms with E-state index in [1.54, 1.807) is 24.3 Å². The van der Waals surface area contributed by atoms with Crippen molar-refractivity contribution in [3.05, 3.63) is 40.3 Å². The summed E-state index contributed by atoms with van der Waals surface area (Å²) in [6, 6.07) is 6.61. The van der Waals surface area contributed by atoms with Crippen LogP contribution in [0.3, 0.4) is 0 Å². The Labute approximate surface area is 87.9 Å². The highest BCUT2D eigenvalue weighted by Crippen LogP contribution is 2.20. The van der Waals surface area contributed by atoms with E-state index < -0.39 is 6.04 Å². The molecule has 1 unspecified atom stereocenters. The first-order valence-electron chi connectivity index (χ1n) is 4.69. The number of azide groups is 1. The van der Waals surface area contributed by atoms with E-state index >= 15 is 0 Å². The highest BCUT2D eigenvalue weighted by atomic mass is 16.5. The highest BCUT2D eigenvalue weighted by Gasteiger charge is 2.07. The number of nitrogens with zero attached hydrogens (tertiary/aromatic N) is 3. The Morgan fingerprint density at radius 2 is 2.13 bits per heavy atom. The van der Waals surface area contributed by atoms with Gasteiger partial charge in [0.05, 0.1) is 19.3 Å². The van der Waals surface area contributed by atoms with Crippen LogP contribution in [0.5, 0.6) is 5.75 Å². The molecular formula is C10H13N3O2. The minimum atomic E-state index is -0.523. The molecule has 1 rings (SSSR count). The molecule has 0 saturated carbocycles. The highest BCUT2D eigenvalue weighted by molar-refractivity contribution is 5.29. The van der Waals surface area contributed by atoms with Gasteiger partial charge < -0.3 is 9.84 Å². The summed E-state index contributed by atoms with van der Waals surface area (Å²) in [6.07, 6.45) is 0. The van der Waals surface area contributed by atoms with Crippen LogP contribution in [0.2, 0.25) is 0 Å². The first kappa shape index (κ1) is 11.4. The smallest absolute Gasteiger partial charge is 0.119 e. The summed E-state index contributed by atoms with van der Waals surface area (Å²) in [5.41, 5.74) is 9.07. The molecule has 0 aromatic heterocycles. The van der Waals surface area contributed by atoms with E-state index in [1.165, 1.54) is 0 Å². The van der Waals surface area contributed by atoms with Crippen LogP contribution < -0.4 is 4.74 Å². The van der Waals surface area contributed by atoms with E-state index in [1.807, 2.05) is 6.92 Å². The van der Waals surface area contributed by atoms with Gasteiger partial charge in [-0.25, -0.2) is 0 Å². The maximum atomic E-state index is 8.99. The lowest BCUT2D eigenvalue weighted by molar-refractivity contribution is 0.267. The lowest BCUT2D eigenvalue weighted by Crippen LogP contribution is -2.00. The second-order valence-electron chi connectivity index (χ2n) is 2.91. The van der Waals surface area contributed by atoms with Crippen molar-refractivity contribution in [1.82, 2.24) is 0 Å². The van der Waals surface area contributed by atoms with Crippen molar-refractivity contribution in [1.29, 1.82) is 0 Å².